The molecule has 3 aromatic rings. The van der Waals surface area contributed by atoms with Crippen molar-refractivity contribution in [2.45, 2.75) is 32.9 Å². The molecule has 2 N–H and O–H groups in total. The van der Waals surface area contributed by atoms with Gasteiger partial charge in [0.25, 0.3) is 5.91 Å². The highest BCUT2D eigenvalue weighted by molar-refractivity contribution is 6.14. The standard InChI is InChI=1S/C22H26N6O2/c1-13-7-8-23-10-18(13)26-21(29)16-5-6-19(28-11-14(2)25-15(3)12-28)17-9-24-22(30-4)27-20(16)17/h5-10,14-15,25H,11-12H2,1-4H3,(H,26,29)/t14-,15+. The summed E-state index contributed by atoms with van der Waals surface area (Å²) in [6.07, 6.45) is 5.07. The number of aryl methyl sites for hydroxylation is 1. The van der Waals surface area contributed by atoms with E-state index < -0.39 is 0 Å². The Kier molecular flexibility index (Phi) is 5.50. The topological polar surface area (TPSA) is 92.3 Å². The number of anilines is 2. The quantitative estimate of drug-likeness (QED) is 0.688. The Balaban J connectivity index is 1.77. The molecule has 2 atom stereocenters. The second-order valence-corrected chi connectivity index (χ2v) is 7.77. The van der Waals surface area contributed by atoms with Crippen molar-refractivity contribution < 1.29 is 9.53 Å². The Hall–Kier alpha value is -3.26. The number of rotatable bonds is 4. The van der Waals surface area contributed by atoms with Crippen molar-refractivity contribution in [3.05, 3.63) is 47.9 Å². The zero-order valence-electron chi connectivity index (χ0n) is 17.6. The van der Waals surface area contributed by atoms with E-state index in [4.69, 9.17) is 4.74 Å². The first-order valence-corrected chi connectivity index (χ1v) is 10.0. The maximum Gasteiger partial charge on any atom is 0.316 e. The molecule has 0 aliphatic carbocycles. The number of pyridine rings is 1. The van der Waals surface area contributed by atoms with E-state index in [-0.39, 0.29) is 11.9 Å². The lowest BCUT2D eigenvalue weighted by Crippen LogP contribution is -2.54. The van der Waals surface area contributed by atoms with Gasteiger partial charge in [-0.2, -0.15) is 4.98 Å². The Bertz CT molecular complexity index is 1080. The third-order valence-corrected chi connectivity index (χ3v) is 5.32. The van der Waals surface area contributed by atoms with Crippen LogP contribution in [0.3, 0.4) is 0 Å². The van der Waals surface area contributed by atoms with E-state index in [1.807, 2.05) is 25.1 Å². The van der Waals surface area contributed by atoms with Crippen LogP contribution in [-0.2, 0) is 0 Å². The molecule has 1 aliphatic heterocycles. The van der Waals surface area contributed by atoms with Crippen molar-refractivity contribution in [2.75, 3.05) is 30.4 Å². The molecule has 0 unspecified atom stereocenters. The number of hydrogen-bond donors (Lipinski definition) is 2. The molecule has 1 amide bonds. The van der Waals surface area contributed by atoms with E-state index in [2.05, 4.69) is 44.3 Å². The minimum atomic E-state index is -0.245. The fraction of sp³-hybridized carbons (Fsp3) is 0.364. The highest BCUT2D eigenvalue weighted by Crippen LogP contribution is 2.31. The molecule has 2 aromatic heterocycles. The van der Waals surface area contributed by atoms with Crippen LogP contribution in [0.1, 0.15) is 29.8 Å². The number of carbonyl (C=O) groups excluding carboxylic acids is 1. The molecule has 0 radical (unpaired) electrons. The number of fused-ring (bicyclic) bond motifs is 1. The highest BCUT2D eigenvalue weighted by Gasteiger charge is 2.24. The van der Waals surface area contributed by atoms with Crippen LogP contribution in [0.25, 0.3) is 10.9 Å². The minimum absolute atomic E-state index is 0.230. The average Bonchev–Trinajstić information content (AvgIpc) is 2.73. The Morgan fingerprint density at radius 3 is 2.67 bits per heavy atom. The third-order valence-electron chi connectivity index (χ3n) is 5.32. The van der Waals surface area contributed by atoms with E-state index in [1.165, 1.54) is 7.11 Å². The first-order chi connectivity index (χ1) is 14.5. The summed E-state index contributed by atoms with van der Waals surface area (Å²) in [7, 11) is 1.52. The molecule has 3 heterocycles. The molecule has 1 aliphatic rings. The van der Waals surface area contributed by atoms with Crippen molar-refractivity contribution in [3.63, 3.8) is 0 Å². The Morgan fingerprint density at radius 1 is 1.20 bits per heavy atom. The molecule has 0 saturated carbocycles. The molecule has 1 aromatic carbocycles. The van der Waals surface area contributed by atoms with Gasteiger partial charge in [-0.05, 0) is 44.5 Å². The number of piperazine rings is 1. The molecule has 30 heavy (non-hydrogen) atoms. The molecule has 1 saturated heterocycles. The second-order valence-electron chi connectivity index (χ2n) is 7.77. The van der Waals surface area contributed by atoms with E-state index >= 15 is 0 Å². The first kappa shape index (κ1) is 20.0. The van der Waals surface area contributed by atoms with Gasteiger partial charge in [0.15, 0.2) is 0 Å². The SMILES string of the molecule is COc1ncc2c(N3C[C@@H](C)N[C@@H](C)C3)ccc(C(=O)Nc3cnccc3C)c2n1. The summed E-state index contributed by atoms with van der Waals surface area (Å²) in [4.78, 5) is 28.3. The largest absolute Gasteiger partial charge is 0.467 e. The van der Waals surface area contributed by atoms with E-state index in [9.17, 15) is 4.79 Å². The smallest absolute Gasteiger partial charge is 0.316 e. The minimum Gasteiger partial charge on any atom is -0.467 e. The second kappa shape index (κ2) is 8.23. The van der Waals surface area contributed by atoms with Gasteiger partial charge in [-0.3, -0.25) is 9.78 Å². The van der Waals surface area contributed by atoms with Crippen molar-refractivity contribution in [1.29, 1.82) is 0 Å². The zero-order valence-corrected chi connectivity index (χ0v) is 17.6. The molecular formula is C22H26N6O2. The summed E-state index contributed by atoms with van der Waals surface area (Å²) in [6, 6.07) is 6.61. The van der Waals surface area contributed by atoms with Crippen LogP contribution in [-0.4, -0.2) is 53.1 Å². The summed E-state index contributed by atoms with van der Waals surface area (Å²) in [5.41, 5.74) is 3.66. The molecule has 0 spiro atoms. The van der Waals surface area contributed by atoms with Crippen molar-refractivity contribution in [3.8, 4) is 6.01 Å². The summed E-state index contributed by atoms with van der Waals surface area (Å²) in [5.74, 6) is -0.245. The number of ether oxygens (including phenoxy) is 1. The van der Waals surface area contributed by atoms with Crippen LogP contribution in [0.15, 0.2) is 36.8 Å². The van der Waals surface area contributed by atoms with Crippen LogP contribution in [0, 0.1) is 6.92 Å². The van der Waals surface area contributed by atoms with Crippen molar-refractivity contribution in [1.82, 2.24) is 20.3 Å². The normalized spacial score (nSPS) is 19.0. The third kappa shape index (κ3) is 3.91. The molecule has 156 valence electrons. The van der Waals surface area contributed by atoms with E-state index in [0.29, 0.717) is 28.9 Å². The summed E-state index contributed by atoms with van der Waals surface area (Å²) >= 11 is 0. The lowest BCUT2D eigenvalue weighted by atomic mass is 10.0. The number of amides is 1. The summed E-state index contributed by atoms with van der Waals surface area (Å²) in [6.45, 7) is 8.00. The van der Waals surface area contributed by atoms with Crippen LogP contribution in [0.4, 0.5) is 11.4 Å². The van der Waals surface area contributed by atoms with Crippen LogP contribution >= 0.6 is 0 Å². The Labute approximate surface area is 175 Å². The predicted molar refractivity (Wildman–Crippen MR) is 117 cm³/mol. The maximum absolute atomic E-state index is 13.1. The lowest BCUT2D eigenvalue weighted by molar-refractivity contribution is 0.102. The van der Waals surface area contributed by atoms with E-state index in [0.717, 1.165) is 29.7 Å². The van der Waals surface area contributed by atoms with Gasteiger partial charge in [0.1, 0.15) is 0 Å². The number of methoxy groups -OCH3 is 1. The van der Waals surface area contributed by atoms with Crippen LogP contribution in [0.5, 0.6) is 6.01 Å². The average molecular weight is 406 g/mol. The van der Waals surface area contributed by atoms with Gasteiger partial charge in [0.2, 0.25) is 0 Å². The number of hydrogen-bond acceptors (Lipinski definition) is 7. The molecule has 1 fully saturated rings. The van der Waals surface area contributed by atoms with Gasteiger partial charge in [-0.1, -0.05) is 0 Å². The van der Waals surface area contributed by atoms with Gasteiger partial charge in [0, 0.05) is 48.6 Å². The molecule has 4 rings (SSSR count). The van der Waals surface area contributed by atoms with Crippen LogP contribution in [0.2, 0.25) is 0 Å². The molecule has 0 bridgehead atoms. The number of benzene rings is 1. The molecular weight excluding hydrogens is 380 g/mol. The van der Waals surface area contributed by atoms with Crippen LogP contribution < -0.4 is 20.3 Å². The number of nitrogens with one attached hydrogen (secondary N) is 2. The monoisotopic (exact) mass is 406 g/mol. The predicted octanol–water partition coefficient (Wildman–Crippen LogP) is 2.78. The van der Waals surface area contributed by atoms with Gasteiger partial charge < -0.3 is 20.3 Å². The summed E-state index contributed by atoms with van der Waals surface area (Å²) < 4.78 is 5.23. The highest BCUT2D eigenvalue weighted by atomic mass is 16.5. The van der Waals surface area contributed by atoms with Gasteiger partial charge in [0.05, 0.1) is 30.1 Å². The van der Waals surface area contributed by atoms with E-state index in [1.54, 1.807) is 18.6 Å². The molecule has 8 nitrogen and oxygen atoms in total. The fourth-order valence-electron chi connectivity index (χ4n) is 3.95. The van der Waals surface area contributed by atoms with Crippen molar-refractivity contribution in [2.24, 2.45) is 0 Å². The fourth-order valence-corrected chi connectivity index (χ4v) is 3.95. The number of carbonyl (C=O) groups is 1. The zero-order chi connectivity index (χ0) is 21.3. The first-order valence-electron chi connectivity index (χ1n) is 10.0. The summed E-state index contributed by atoms with van der Waals surface area (Å²) in [5, 5.41) is 7.31. The lowest BCUT2D eigenvalue weighted by Gasteiger charge is -2.38. The van der Waals surface area contributed by atoms with Crippen molar-refractivity contribution >= 4 is 28.2 Å². The van der Waals surface area contributed by atoms with Gasteiger partial charge >= 0.3 is 6.01 Å². The number of aromatic nitrogens is 3. The molecule has 8 heteroatoms. The maximum atomic E-state index is 13.1. The van der Waals surface area contributed by atoms with Gasteiger partial charge in [-0.25, -0.2) is 4.98 Å². The number of nitrogens with zero attached hydrogens (tertiary/aromatic N) is 4. The van der Waals surface area contributed by atoms with Gasteiger partial charge in [-0.15, -0.1) is 0 Å². The Morgan fingerprint density at radius 2 is 1.97 bits per heavy atom.